The van der Waals surface area contributed by atoms with Crippen LogP contribution in [0.2, 0.25) is 5.02 Å². The predicted octanol–water partition coefficient (Wildman–Crippen LogP) is 4.99. The highest BCUT2D eigenvalue weighted by molar-refractivity contribution is 6.33. The van der Waals surface area contributed by atoms with E-state index in [4.69, 9.17) is 20.8 Å². The van der Waals surface area contributed by atoms with Crippen molar-refractivity contribution >= 4 is 34.9 Å². The van der Waals surface area contributed by atoms with E-state index in [0.717, 1.165) is 0 Å². The zero-order valence-corrected chi connectivity index (χ0v) is 16.5. The number of ketones is 1. The molecule has 1 atom stereocenters. The number of furan rings is 1. The minimum absolute atomic E-state index is 0.0342. The first-order chi connectivity index (χ1) is 13.8. The molecular formula is C22H18ClNO5. The van der Waals surface area contributed by atoms with Gasteiger partial charge in [-0.3, -0.25) is 9.59 Å². The maximum Gasteiger partial charge on any atom is 0.375 e. The van der Waals surface area contributed by atoms with E-state index < -0.39 is 18.0 Å². The molecule has 3 rings (SSSR count). The Morgan fingerprint density at radius 2 is 1.69 bits per heavy atom. The zero-order valence-electron chi connectivity index (χ0n) is 15.8. The Balaban J connectivity index is 1.64. The molecule has 2 aromatic carbocycles. The van der Waals surface area contributed by atoms with E-state index in [1.54, 1.807) is 54.6 Å². The maximum atomic E-state index is 12.3. The third-order valence-electron chi connectivity index (χ3n) is 4.17. The Morgan fingerprint density at radius 3 is 2.34 bits per heavy atom. The summed E-state index contributed by atoms with van der Waals surface area (Å²) in [4.78, 5) is 35.9. The number of esters is 1. The van der Waals surface area contributed by atoms with Gasteiger partial charge in [-0.2, -0.15) is 0 Å². The third kappa shape index (κ3) is 4.92. The van der Waals surface area contributed by atoms with Crippen molar-refractivity contribution in [3.8, 4) is 11.3 Å². The van der Waals surface area contributed by atoms with Crippen LogP contribution >= 0.6 is 11.6 Å². The van der Waals surface area contributed by atoms with Crippen LogP contribution in [0.3, 0.4) is 0 Å². The highest BCUT2D eigenvalue weighted by Crippen LogP contribution is 2.24. The summed E-state index contributed by atoms with van der Waals surface area (Å²) in [6, 6.07) is 16.7. The molecule has 0 spiro atoms. The Bertz CT molecular complexity index is 1060. The summed E-state index contributed by atoms with van der Waals surface area (Å²) in [5.74, 6) is -0.908. The Hall–Kier alpha value is -3.38. The van der Waals surface area contributed by atoms with Crippen molar-refractivity contribution in [3.05, 3.63) is 77.0 Å². The highest BCUT2D eigenvalue weighted by atomic mass is 35.5. The molecule has 0 unspecified atom stereocenters. The quantitative estimate of drug-likeness (QED) is 0.456. The van der Waals surface area contributed by atoms with Crippen molar-refractivity contribution < 1.29 is 23.5 Å². The topological polar surface area (TPSA) is 85.6 Å². The SMILES string of the molecule is CC(=O)c1ccc(-c2ccc(C(=O)O[C@@H](C)C(=O)Nc3ccccc3Cl)o2)cc1. The van der Waals surface area contributed by atoms with E-state index in [1.807, 2.05) is 0 Å². The highest BCUT2D eigenvalue weighted by Gasteiger charge is 2.22. The van der Waals surface area contributed by atoms with Crippen LogP contribution in [0, 0.1) is 0 Å². The average molecular weight is 412 g/mol. The summed E-state index contributed by atoms with van der Waals surface area (Å²) in [6.45, 7) is 2.94. The number of para-hydroxylation sites is 1. The molecule has 0 saturated carbocycles. The maximum absolute atomic E-state index is 12.3. The van der Waals surface area contributed by atoms with E-state index in [1.165, 1.54) is 19.9 Å². The van der Waals surface area contributed by atoms with Gasteiger partial charge in [-0.1, -0.05) is 48.0 Å². The number of carbonyl (C=O) groups is 3. The van der Waals surface area contributed by atoms with Gasteiger partial charge in [0.2, 0.25) is 5.76 Å². The molecule has 6 nitrogen and oxygen atoms in total. The van der Waals surface area contributed by atoms with Crippen molar-refractivity contribution in [2.75, 3.05) is 5.32 Å². The lowest BCUT2D eigenvalue weighted by atomic mass is 10.1. The van der Waals surface area contributed by atoms with Gasteiger partial charge in [0.15, 0.2) is 11.9 Å². The van der Waals surface area contributed by atoms with Gasteiger partial charge in [0, 0.05) is 11.1 Å². The molecule has 0 aliphatic rings. The van der Waals surface area contributed by atoms with Gasteiger partial charge in [-0.15, -0.1) is 0 Å². The Morgan fingerprint density at radius 1 is 1.00 bits per heavy atom. The molecular weight excluding hydrogens is 394 g/mol. The van der Waals surface area contributed by atoms with Gasteiger partial charge in [0.25, 0.3) is 5.91 Å². The van der Waals surface area contributed by atoms with Gasteiger partial charge in [-0.05, 0) is 38.1 Å². The second kappa shape index (κ2) is 8.75. The summed E-state index contributed by atoms with van der Waals surface area (Å²) in [6.07, 6.45) is -1.05. The summed E-state index contributed by atoms with van der Waals surface area (Å²) >= 11 is 6.01. The summed E-state index contributed by atoms with van der Waals surface area (Å²) in [7, 11) is 0. The number of benzene rings is 2. The fourth-order valence-electron chi connectivity index (χ4n) is 2.54. The van der Waals surface area contributed by atoms with Crippen molar-refractivity contribution in [1.82, 2.24) is 0 Å². The average Bonchev–Trinajstić information content (AvgIpc) is 3.20. The standard InChI is InChI=1S/C22H18ClNO5/c1-13(25)15-7-9-16(10-8-15)19-11-12-20(29-19)22(27)28-14(2)21(26)24-18-6-4-3-5-17(18)23/h3-12,14H,1-2H3,(H,24,26)/t14-/m0/s1. The smallest absolute Gasteiger partial charge is 0.375 e. The molecule has 1 aromatic heterocycles. The number of amides is 1. The van der Waals surface area contributed by atoms with Crippen molar-refractivity contribution in [3.63, 3.8) is 0 Å². The Kier molecular flexibility index (Phi) is 6.14. The lowest BCUT2D eigenvalue weighted by Gasteiger charge is -2.13. The first kappa shape index (κ1) is 20.4. The van der Waals surface area contributed by atoms with Crippen LogP contribution in [0.1, 0.15) is 34.8 Å². The van der Waals surface area contributed by atoms with Crippen LogP contribution in [0.15, 0.2) is 65.1 Å². The molecule has 29 heavy (non-hydrogen) atoms. The first-order valence-corrected chi connectivity index (χ1v) is 9.20. The third-order valence-corrected chi connectivity index (χ3v) is 4.50. The number of rotatable bonds is 6. The number of nitrogens with one attached hydrogen (secondary N) is 1. The summed E-state index contributed by atoms with van der Waals surface area (Å²) < 4.78 is 10.7. The number of Topliss-reactive ketones (excluding diaryl/α,β-unsaturated/α-hetero) is 1. The molecule has 3 aromatic rings. The largest absolute Gasteiger partial charge is 0.449 e. The van der Waals surface area contributed by atoms with Crippen molar-refractivity contribution in [2.45, 2.75) is 20.0 Å². The Labute approximate surface area is 172 Å². The minimum Gasteiger partial charge on any atom is -0.449 e. The first-order valence-electron chi connectivity index (χ1n) is 8.82. The van der Waals surface area contributed by atoms with Gasteiger partial charge in [0.05, 0.1) is 10.7 Å². The van der Waals surface area contributed by atoms with E-state index in [2.05, 4.69) is 5.32 Å². The lowest BCUT2D eigenvalue weighted by Crippen LogP contribution is -2.30. The predicted molar refractivity (Wildman–Crippen MR) is 109 cm³/mol. The van der Waals surface area contributed by atoms with Crippen LogP contribution in [-0.2, 0) is 9.53 Å². The minimum atomic E-state index is -1.05. The molecule has 0 fully saturated rings. The molecule has 1 N–H and O–H groups in total. The number of hydrogen-bond acceptors (Lipinski definition) is 5. The molecule has 7 heteroatoms. The monoisotopic (exact) mass is 411 g/mol. The van der Waals surface area contributed by atoms with Gasteiger partial charge in [0.1, 0.15) is 5.76 Å². The molecule has 0 saturated heterocycles. The number of carbonyl (C=O) groups excluding carboxylic acids is 3. The lowest BCUT2D eigenvalue weighted by molar-refractivity contribution is -0.123. The van der Waals surface area contributed by atoms with Crippen LogP contribution in [0.5, 0.6) is 0 Å². The van der Waals surface area contributed by atoms with Crippen LogP contribution < -0.4 is 5.32 Å². The normalized spacial score (nSPS) is 11.6. The van der Waals surface area contributed by atoms with Crippen molar-refractivity contribution in [2.24, 2.45) is 0 Å². The van der Waals surface area contributed by atoms with E-state index in [9.17, 15) is 14.4 Å². The molecule has 0 bridgehead atoms. The van der Waals surface area contributed by atoms with Crippen molar-refractivity contribution in [1.29, 1.82) is 0 Å². The molecule has 0 aliphatic carbocycles. The van der Waals surface area contributed by atoms with E-state index in [0.29, 0.717) is 27.6 Å². The number of ether oxygens (including phenoxy) is 1. The molecule has 0 radical (unpaired) electrons. The summed E-state index contributed by atoms with van der Waals surface area (Å²) in [5.41, 5.74) is 1.72. The molecule has 148 valence electrons. The van der Waals surface area contributed by atoms with Gasteiger partial charge >= 0.3 is 5.97 Å². The molecule has 0 aliphatic heterocycles. The number of anilines is 1. The fourth-order valence-corrected chi connectivity index (χ4v) is 2.72. The molecule has 1 heterocycles. The van der Waals surface area contributed by atoms with Crippen LogP contribution in [-0.4, -0.2) is 23.8 Å². The fraction of sp³-hybridized carbons (Fsp3) is 0.136. The van der Waals surface area contributed by atoms with Gasteiger partial charge < -0.3 is 14.5 Å². The van der Waals surface area contributed by atoms with Crippen LogP contribution in [0.25, 0.3) is 11.3 Å². The summed E-state index contributed by atoms with van der Waals surface area (Å²) in [5, 5.41) is 2.99. The second-order valence-electron chi connectivity index (χ2n) is 6.31. The van der Waals surface area contributed by atoms with Gasteiger partial charge in [-0.25, -0.2) is 4.79 Å². The van der Waals surface area contributed by atoms with Crippen LogP contribution in [0.4, 0.5) is 5.69 Å². The zero-order chi connectivity index (χ0) is 21.0. The number of halogens is 1. The van der Waals surface area contributed by atoms with E-state index >= 15 is 0 Å². The molecule has 1 amide bonds. The number of hydrogen-bond donors (Lipinski definition) is 1. The second-order valence-corrected chi connectivity index (χ2v) is 6.72. The van der Waals surface area contributed by atoms with E-state index in [-0.39, 0.29) is 11.5 Å².